The fourth-order valence-corrected chi connectivity index (χ4v) is 3.00. The van der Waals surface area contributed by atoms with E-state index in [0.717, 1.165) is 19.3 Å². The molecule has 0 bridgehead atoms. The van der Waals surface area contributed by atoms with E-state index in [1.54, 1.807) is 0 Å². The number of hydrogen-bond donors (Lipinski definition) is 2. The van der Waals surface area contributed by atoms with Gasteiger partial charge in [0.15, 0.2) is 0 Å². The van der Waals surface area contributed by atoms with Gasteiger partial charge in [-0.3, -0.25) is 0 Å². The number of nitrogens with two attached hydrogens (primary N) is 1. The van der Waals surface area contributed by atoms with Crippen molar-refractivity contribution in [3.05, 3.63) is 0 Å². The molecule has 5 heteroatoms. The average molecular weight is 270 g/mol. The van der Waals surface area contributed by atoms with Crippen LogP contribution in [-0.2, 0) is 9.47 Å². The van der Waals surface area contributed by atoms with Gasteiger partial charge in [0.2, 0.25) is 0 Å². The third-order valence-corrected chi connectivity index (χ3v) is 3.98. The van der Waals surface area contributed by atoms with E-state index in [9.17, 15) is 4.79 Å². The highest BCUT2D eigenvalue weighted by molar-refractivity contribution is 5.68. The summed E-state index contributed by atoms with van der Waals surface area (Å²) >= 11 is 0. The lowest BCUT2D eigenvalue weighted by Gasteiger charge is -2.52. The lowest BCUT2D eigenvalue weighted by atomic mass is 9.68. The molecule has 3 unspecified atom stereocenters. The van der Waals surface area contributed by atoms with E-state index in [1.807, 2.05) is 20.8 Å². The van der Waals surface area contributed by atoms with E-state index in [4.69, 9.17) is 15.2 Å². The summed E-state index contributed by atoms with van der Waals surface area (Å²) in [7, 11) is 0. The minimum absolute atomic E-state index is 0.00536. The minimum Gasteiger partial charge on any atom is -0.444 e. The highest BCUT2D eigenvalue weighted by atomic mass is 16.6. The Morgan fingerprint density at radius 1 is 1.37 bits per heavy atom. The van der Waals surface area contributed by atoms with Gasteiger partial charge in [-0.15, -0.1) is 0 Å². The van der Waals surface area contributed by atoms with Crippen molar-refractivity contribution < 1.29 is 14.3 Å². The van der Waals surface area contributed by atoms with Gasteiger partial charge in [0.25, 0.3) is 0 Å². The Morgan fingerprint density at radius 3 is 2.42 bits per heavy atom. The first-order valence-corrected chi connectivity index (χ1v) is 6.99. The van der Waals surface area contributed by atoms with Crippen molar-refractivity contribution in [2.24, 2.45) is 5.73 Å². The van der Waals surface area contributed by atoms with Crippen LogP contribution >= 0.6 is 0 Å². The molecule has 3 atom stereocenters. The molecule has 2 rings (SSSR count). The lowest BCUT2D eigenvalue weighted by Crippen LogP contribution is -2.72. The third-order valence-electron chi connectivity index (χ3n) is 3.98. The number of hydrogen-bond acceptors (Lipinski definition) is 4. The average Bonchev–Trinajstić information content (AvgIpc) is 2.54. The predicted molar refractivity (Wildman–Crippen MR) is 72.9 cm³/mol. The molecule has 1 amide bonds. The standard InChI is InChI=1S/C14H26N2O3/c1-12(2,3)18-11(17)16-10-8-9(15)14(10)7-6-13(4,5)19-14/h9-10H,6-8,15H2,1-5H3,(H,16,17). The summed E-state index contributed by atoms with van der Waals surface area (Å²) in [5.41, 5.74) is 5.07. The van der Waals surface area contributed by atoms with Crippen LogP contribution in [0.3, 0.4) is 0 Å². The van der Waals surface area contributed by atoms with E-state index in [-0.39, 0.29) is 17.7 Å². The number of ether oxygens (including phenoxy) is 2. The SMILES string of the molecule is CC(C)(C)OC(=O)NC1CC(N)C12CCC(C)(C)O2. The number of amides is 1. The fourth-order valence-electron chi connectivity index (χ4n) is 3.00. The molecule has 19 heavy (non-hydrogen) atoms. The van der Waals surface area contributed by atoms with Crippen LogP contribution in [0.15, 0.2) is 0 Å². The van der Waals surface area contributed by atoms with Crippen LogP contribution in [0.25, 0.3) is 0 Å². The second kappa shape index (κ2) is 4.35. The van der Waals surface area contributed by atoms with Crippen LogP contribution < -0.4 is 11.1 Å². The molecule has 1 aliphatic carbocycles. The molecule has 2 fully saturated rings. The summed E-state index contributed by atoms with van der Waals surface area (Å²) in [5.74, 6) is 0. The van der Waals surface area contributed by atoms with E-state index in [1.165, 1.54) is 0 Å². The maximum Gasteiger partial charge on any atom is 0.407 e. The van der Waals surface area contributed by atoms with E-state index in [0.29, 0.717) is 0 Å². The first-order chi connectivity index (χ1) is 8.54. The second-order valence-corrected chi connectivity index (χ2v) is 7.36. The Morgan fingerprint density at radius 2 is 2.00 bits per heavy atom. The van der Waals surface area contributed by atoms with Crippen molar-refractivity contribution >= 4 is 6.09 Å². The minimum atomic E-state index is -0.487. The Kier molecular flexibility index (Phi) is 3.34. The Balaban J connectivity index is 1.97. The molecule has 0 aromatic carbocycles. The smallest absolute Gasteiger partial charge is 0.407 e. The van der Waals surface area contributed by atoms with Crippen LogP contribution in [0.5, 0.6) is 0 Å². The highest BCUT2D eigenvalue weighted by Gasteiger charge is 2.60. The zero-order valence-electron chi connectivity index (χ0n) is 12.6. The molecule has 2 aliphatic rings. The zero-order chi connectivity index (χ0) is 14.5. The number of carbonyl (C=O) groups excluding carboxylic acids is 1. The van der Waals surface area contributed by atoms with Gasteiger partial charge >= 0.3 is 6.09 Å². The molecule has 1 saturated heterocycles. The van der Waals surface area contributed by atoms with Crippen molar-refractivity contribution in [1.82, 2.24) is 5.32 Å². The topological polar surface area (TPSA) is 73.6 Å². The van der Waals surface area contributed by atoms with Gasteiger partial charge in [0.1, 0.15) is 11.2 Å². The summed E-state index contributed by atoms with van der Waals surface area (Å²) in [5, 5.41) is 2.91. The first-order valence-electron chi connectivity index (χ1n) is 6.99. The maximum atomic E-state index is 11.8. The van der Waals surface area contributed by atoms with Gasteiger partial charge in [-0.25, -0.2) is 4.79 Å². The van der Waals surface area contributed by atoms with Crippen molar-refractivity contribution in [3.63, 3.8) is 0 Å². The maximum absolute atomic E-state index is 11.8. The van der Waals surface area contributed by atoms with Crippen molar-refractivity contribution in [2.45, 2.75) is 82.8 Å². The van der Waals surface area contributed by atoms with E-state index < -0.39 is 17.3 Å². The van der Waals surface area contributed by atoms with Gasteiger partial charge < -0.3 is 20.5 Å². The number of carbonyl (C=O) groups is 1. The quantitative estimate of drug-likeness (QED) is 0.763. The summed E-state index contributed by atoms with van der Waals surface area (Å²) in [6.07, 6.45) is 2.21. The Labute approximate surface area is 115 Å². The molecule has 0 radical (unpaired) electrons. The third kappa shape index (κ3) is 2.87. The highest BCUT2D eigenvalue weighted by Crippen LogP contribution is 2.48. The normalized spacial score (nSPS) is 36.9. The van der Waals surface area contributed by atoms with Crippen molar-refractivity contribution in [1.29, 1.82) is 0 Å². The largest absolute Gasteiger partial charge is 0.444 e. The van der Waals surface area contributed by atoms with E-state index >= 15 is 0 Å². The van der Waals surface area contributed by atoms with Gasteiger partial charge in [-0.05, 0) is 53.9 Å². The molecule has 5 nitrogen and oxygen atoms in total. The molecular weight excluding hydrogens is 244 g/mol. The molecule has 1 spiro atoms. The molecule has 3 N–H and O–H groups in total. The number of nitrogens with one attached hydrogen (secondary N) is 1. The predicted octanol–water partition coefficient (Wildman–Crippen LogP) is 1.94. The molecule has 1 saturated carbocycles. The first kappa shape index (κ1) is 14.6. The lowest BCUT2D eigenvalue weighted by molar-refractivity contribution is -0.158. The van der Waals surface area contributed by atoms with Crippen LogP contribution in [-0.4, -0.2) is 35.0 Å². The Bertz CT molecular complexity index is 375. The van der Waals surface area contributed by atoms with E-state index in [2.05, 4.69) is 19.2 Å². The van der Waals surface area contributed by atoms with Crippen LogP contribution in [0.2, 0.25) is 0 Å². The molecular formula is C14H26N2O3. The molecule has 110 valence electrons. The summed E-state index contributed by atoms with van der Waals surface area (Å²) < 4.78 is 11.4. The zero-order valence-corrected chi connectivity index (χ0v) is 12.6. The van der Waals surface area contributed by atoms with Crippen LogP contribution in [0.1, 0.15) is 53.9 Å². The Hall–Kier alpha value is -0.810. The molecule has 1 aliphatic heterocycles. The van der Waals surface area contributed by atoms with Gasteiger partial charge in [-0.1, -0.05) is 0 Å². The summed E-state index contributed by atoms with van der Waals surface area (Å²) in [4.78, 5) is 11.8. The molecule has 1 heterocycles. The number of rotatable bonds is 1. The molecule has 0 aromatic heterocycles. The summed E-state index contributed by atoms with van der Waals surface area (Å²) in [6, 6.07) is -0.0478. The monoisotopic (exact) mass is 270 g/mol. The summed E-state index contributed by atoms with van der Waals surface area (Å²) in [6.45, 7) is 9.69. The molecule has 0 aromatic rings. The number of alkyl carbamates (subject to hydrolysis) is 1. The second-order valence-electron chi connectivity index (χ2n) is 7.36. The van der Waals surface area contributed by atoms with Gasteiger partial charge in [0.05, 0.1) is 11.6 Å². The van der Waals surface area contributed by atoms with Crippen molar-refractivity contribution in [2.75, 3.05) is 0 Å². The van der Waals surface area contributed by atoms with Gasteiger partial charge in [-0.2, -0.15) is 0 Å². The fraction of sp³-hybridized carbons (Fsp3) is 0.929. The van der Waals surface area contributed by atoms with Crippen LogP contribution in [0.4, 0.5) is 4.79 Å². The van der Waals surface area contributed by atoms with Crippen molar-refractivity contribution in [3.8, 4) is 0 Å². The van der Waals surface area contributed by atoms with Crippen LogP contribution in [0, 0.1) is 0 Å². The van der Waals surface area contributed by atoms with Gasteiger partial charge in [0, 0.05) is 6.04 Å².